The van der Waals surface area contributed by atoms with E-state index in [1.807, 2.05) is 0 Å². The largest absolute Gasteiger partial charge is 0.320 e. The highest BCUT2D eigenvalue weighted by Crippen LogP contribution is 2.19. The molecule has 0 aliphatic carbocycles. The lowest BCUT2D eigenvalue weighted by molar-refractivity contribution is 0.601. The van der Waals surface area contributed by atoms with Crippen molar-refractivity contribution in [2.45, 2.75) is 4.90 Å². The predicted octanol–water partition coefficient (Wildman–Crippen LogP) is 1.85. The highest BCUT2D eigenvalue weighted by Gasteiger charge is 2.15. The van der Waals surface area contributed by atoms with Gasteiger partial charge in [0.05, 0.1) is 12.2 Å². The molecule has 0 bridgehead atoms. The Kier molecular flexibility index (Phi) is 4.81. The molecular weight excluding hydrogens is 310 g/mol. The monoisotopic (exact) mass is 321 g/mol. The highest BCUT2D eigenvalue weighted by atomic mass is 35.5. The summed E-state index contributed by atoms with van der Waals surface area (Å²) in [6.45, 7) is 0.192. The Labute approximate surface area is 128 Å². The third-order valence-corrected chi connectivity index (χ3v) is 4.02. The van der Waals surface area contributed by atoms with E-state index in [4.69, 9.17) is 17.3 Å². The molecule has 7 heteroatoms. The molecule has 0 unspecified atom stereocenters. The SMILES string of the molecule is NCC#Cc1cncc(S(=O)(=O)Nc2cccc(Cl)c2)c1. The lowest BCUT2D eigenvalue weighted by Gasteiger charge is -2.08. The Hall–Kier alpha value is -2.07. The van der Waals surface area contributed by atoms with Crippen LogP contribution in [0, 0.1) is 11.8 Å². The molecule has 3 N–H and O–H groups in total. The van der Waals surface area contributed by atoms with Crippen LogP contribution < -0.4 is 10.5 Å². The molecule has 2 rings (SSSR count). The number of hydrogen-bond acceptors (Lipinski definition) is 4. The highest BCUT2D eigenvalue weighted by molar-refractivity contribution is 7.92. The number of pyridine rings is 1. The second-order valence-corrected chi connectivity index (χ2v) is 6.15. The molecule has 0 amide bonds. The fraction of sp³-hybridized carbons (Fsp3) is 0.0714. The summed E-state index contributed by atoms with van der Waals surface area (Å²) in [5.74, 6) is 5.38. The Morgan fingerprint density at radius 2 is 2.10 bits per heavy atom. The van der Waals surface area contributed by atoms with Crippen molar-refractivity contribution >= 4 is 27.3 Å². The van der Waals surface area contributed by atoms with Gasteiger partial charge in [-0.1, -0.05) is 29.5 Å². The van der Waals surface area contributed by atoms with Gasteiger partial charge in [0.2, 0.25) is 0 Å². The van der Waals surface area contributed by atoms with Gasteiger partial charge in [-0.05, 0) is 24.3 Å². The number of benzene rings is 1. The zero-order valence-corrected chi connectivity index (χ0v) is 12.4. The van der Waals surface area contributed by atoms with E-state index in [1.165, 1.54) is 24.5 Å². The summed E-state index contributed by atoms with van der Waals surface area (Å²) in [6, 6.07) is 7.87. The van der Waals surface area contributed by atoms with Gasteiger partial charge >= 0.3 is 0 Å². The van der Waals surface area contributed by atoms with Crippen LogP contribution in [0.5, 0.6) is 0 Å². The zero-order valence-electron chi connectivity index (χ0n) is 10.9. The van der Waals surface area contributed by atoms with Crippen LogP contribution in [0.2, 0.25) is 5.02 Å². The molecule has 1 heterocycles. The molecule has 5 nitrogen and oxygen atoms in total. The molecule has 0 aliphatic heterocycles. The average Bonchev–Trinajstić information content (AvgIpc) is 2.45. The fourth-order valence-electron chi connectivity index (χ4n) is 1.55. The van der Waals surface area contributed by atoms with Crippen LogP contribution >= 0.6 is 11.6 Å². The lowest BCUT2D eigenvalue weighted by atomic mass is 10.3. The van der Waals surface area contributed by atoms with Crippen LogP contribution in [-0.4, -0.2) is 19.9 Å². The summed E-state index contributed by atoms with van der Waals surface area (Å²) < 4.78 is 27.0. The Bertz CT molecular complexity index is 810. The molecule has 0 saturated carbocycles. The number of aromatic nitrogens is 1. The normalized spacial score (nSPS) is 10.6. The van der Waals surface area contributed by atoms with Crippen molar-refractivity contribution < 1.29 is 8.42 Å². The van der Waals surface area contributed by atoms with Crippen molar-refractivity contribution in [3.8, 4) is 11.8 Å². The first kappa shape index (κ1) is 15.3. The summed E-state index contributed by atoms with van der Waals surface area (Å²) in [4.78, 5) is 3.89. The van der Waals surface area contributed by atoms with Crippen molar-refractivity contribution in [3.63, 3.8) is 0 Å². The smallest absolute Gasteiger partial charge is 0.263 e. The minimum absolute atomic E-state index is 0.0197. The number of halogens is 1. The van der Waals surface area contributed by atoms with Gasteiger partial charge in [-0.2, -0.15) is 0 Å². The Morgan fingerprint density at radius 3 is 2.81 bits per heavy atom. The standard InChI is InChI=1S/C14H12ClN3O2S/c15-12-4-1-5-13(8-12)18-21(19,20)14-7-11(3-2-6-16)9-17-10-14/h1,4-5,7-10,18H,6,16H2. The maximum atomic E-state index is 12.3. The first-order valence-electron chi connectivity index (χ1n) is 5.93. The lowest BCUT2D eigenvalue weighted by Crippen LogP contribution is -2.13. The number of rotatable bonds is 3. The van der Waals surface area contributed by atoms with Gasteiger partial charge in [0.25, 0.3) is 10.0 Å². The maximum absolute atomic E-state index is 12.3. The second-order valence-electron chi connectivity index (χ2n) is 4.03. The van der Waals surface area contributed by atoms with E-state index in [0.717, 1.165) is 0 Å². The third-order valence-electron chi connectivity index (χ3n) is 2.44. The van der Waals surface area contributed by atoms with Crippen LogP contribution in [0.4, 0.5) is 5.69 Å². The molecule has 0 saturated heterocycles. The van der Waals surface area contributed by atoms with E-state index in [2.05, 4.69) is 21.5 Å². The van der Waals surface area contributed by atoms with Gasteiger partial charge in [0, 0.05) is 23.0 Å². The zero-order chi connectivity index (χ0) is 15.3. The number of anilines is 1. The number of nitrogens with zero attached hydrogens (tertiary/aromatic N) is 1. The van der Waals surface area contributed by atoms with Crippen molar-refractivity contribution in [1.29, 1.82) is 0 Å². The molecule has 0 fully saturated rings. The summed E-state index contributed by atoms with van der Waals surface area (Å²) in [5, 5.41) is 0.441. The minimum atomic E-state index is -3.75. The number of nitrogens with one attached hydrogen (secondary N) is 1. The summed E-state index contributed by atoms with van der Waals surface area (Å²) in [7, 11) is -3.75. The quantitative estimate of drug-likeness (QED) is 0.845. The van der Waals surface area contributed by atoms with Crippen LogP contribution in [0.25, 0.3) is 0 Å². The second kappa shape index (κ2) is 6.59. The van der Waals surface area contributed by atoms with Gasteiger partial charge in [-0.3, -0.25) is 9.71 Å². The number of sulfonamides is 1. The van der Waals surface area contributed by atoms with Gasteiger partial charge in [-0.25, -0.2) is 8.42 Å². The average molecular weight is 322 g/mol. The Balaban J connectivity index is 2.31. The van der Waals surface area contributed by atoms with E-state index in [9.17, 15) is 8.42 Å². The van der Waals surface area contributed by atoms with Gasteiger partial charge < -0.3 is 5.73 Å². The minimum Gasteiger partial charge on any atom is -0.320 e. The molecular formula is C14H12ClN3O2S. The first-order valence-corrected chi connectivity index (χ1v) is 7.80. The Morgan fingerprint density at radius 1 is 1.29 bits per heavy atom. The van der Waals surface area contributed by atoms with E-state index in [1.54, 1.807) is 18.2 Å². The van der Waals surface area contributed by atoms with E-state index >= 15 is 0 Å². The van der Waals surface area contributed by atoms with Gasteiger partial charge in [0.1, 0.15) is 4.90 Å². The molecule has 1 aromatic carbocycles. The molecule has 108 valence electrons. The summed E-state index contributed by atoms with van der Waals surface area (Å²) >= 11 is 5.82. The van der Waals surface area contributed by atoms with E-state index in [0.29, 0.717) is 16.3 Å². The molecule has 0 spiro atoms. The number of nitrogens with two attached hydrogens (primary N) is 1. The molecule has 21 heavy (non-hydrogen) atoms. The molecule has 0 atom stereocenters. The first-order chi connectivity index (χ1) is 10.0. The van der Waals surface area contributed by atoms with Crippen LogP contribution in [0.1, 0.15) is 5.56 Å². The summed E-state index contributed by atoms with van der Waals surface area (Å²) in [5.41, 5.74) is 6.14. The fourth-order valence-corrected chi connectivity index (χ4v) is 2.78. The topological polar surface area (TPSA) is 85.1 Å². The van der Waals surface area contributed by atoms with Crippen LogP contribution in [0.15, 0.2) is 47.6 Å². The van der Waals surface area contributed by atoms with E-state index in [-0.39, 0.29) is 11.4 Å². The predicted molar refractivity (Wildman–Crippen MR) is 82.4 cm³/mol. The number of hydrogen-bond donors (Lipinski definition) is 2. The van der Waals surface area contributed by atoms with Crippen molar-refractivity contribution in [3.05, 3.63) is 53.3 Å². The van der Waals surface area contributed by atoms with Crippen LogP contribution in [0.3, 0.4) is 0 Å². The molecule has 0 aliphatic rings. The molecule has 0 radical (unpaired) electrons. The van der Waals surface area contributed by atoms with E-state index < -0.39 is 10.0 Å². The van der Waals surface area contributed by atoms with Crippen molar-refractivity contribution in [2.75, 3.05) is 11.3 Å². The summed E-state index contributed by atoms with van der Waals surface area (Å²) in [6.07, 6.45) is 2.72. The molecule has 1 aromatic heterocycles. The third kappa shape index (κ3) is 4.20. The molecule has 2 aromatic rings. The van der Waals surface area contributed by atoms with Gasteiger partial charge in [-0.15, -0.1) is 0 Å². The van der Waals surface area contributed by atoms with Crippen molar-refractivity contribution in [1.82, 2.24) is 4.98 Å². The van der Waals surface area contributed by atoms with Crippen LogP contribution in [-0.2, 0) is 10.0 Å². The van der Waals surface area contributed by atoms with Gasteiger partial charge in [0.15, 0.2) is 0 Å². The maximum Gasteiger partial charge on any atom is 0.263 e. The van der Waals surface area contributed by atoms with Crippen molar-refractivity contribution in [2.24, 2.45) is 5.73 Å².